The van der Waals surface area contributed by atoms with Gasteiger partial charge in [-0.2, -0.15) is 0 Å². The lowest BCUT2D eigenvalue weighted by Gasteiger charge is -2.08. The van der Waals surface area contributed by atoms with E-state index in [1.54, 1.807) is 25.1 Å². The number of phenols is 1. The Morgan fingerprint density at radius 1 is 1.48 bits per heavy atom. The number of benzene rings is 1. The summed E-state index contributed by atoms with van der Waals surface area (Å²) in [5.41, 5.74) is 0.409. The van der Waals surface area contributed by atoms with E-state index in [0.29, 0.717) is 17.9 Å². The first-order chi connectivity index (χ1) is 10.1. The second kappa shape index (κ2) is 6.37. The number of imide groups is 1. The summed E-state index contributed by atoms with van der Waals surface area (Å²) in [4.78, 5) is 24.9. The van der Waals surface area contributed by atoms with Crippen LogP contribution in [0, 0.1) is 12.3 Å². The SMILES string of the molecule is C#CCN1C(=O)S/C(=C/c2cccc(OCC)c2O)C1=O. The summed E-state index contributed by atoms with van der Waals surface area (Å²) in [5.74, 6) is 2.07. The second-order valence-corrected chi connectivity index (χ2v) is 5.09. The van der Waals surface area contributed by atoms with Crippen molar-refractivity contribution < 1.29 is 19.4 Å². The van der Waals surface area contributed by atoms with Crippen LogP contribution < -0.4 is 4.74 Å². The van der Waals surface area contributed by atoms with Crippen LogP contribution in [-0.2, 0) is 4.79 Å². The number of amides is 2. The molecule has 0 radical (unpaired) electrons. The van der Waals surface area contributed by atoms with Crippen molar-refractivity contribution in [3.63, 3.8) is 0 Å². The maximum Gasteiger partial charge on any atom is 0.294 e. The van der Waals surface area contributed by atoms with E-state index in [0.717, 1.165) is 16.7 Å². The zero-order valence-electron chi connectivity index (χ0n) is 11.3. The first kappa shape index (κ1) is 15.0. The number of aromatic hydroxyl groups is 1. The normalized spacial score (nSPS) is 16.4. The third-order valence-corrected chi connectivity index (χ3v) is 3.65. The molecule has 0 saturated carbocycles. The first-order valence-corrected chi connectivity index (χ1v) is 7.03. The van der Waals surface area contributed by atoms with Crippen LogP contribution in [0.1, 0.15) is 12.5 Å². The third-order valence-electron chi connectivity index (χ3n) is 2.74. The molecule has 2 rings (SSSR count). The zero-order chi connectivity index (χ0) is 15.4. The minimum atomic E-state index is -0.454. The number of nitrogens with zero attached hydrogens (tertiary/aromatic N) is 1. The predicted molar refractivity (Wildman–Crippen MR) is 80.8 cm³/mol. The van der Waals surface area contributed by atoms with E-state index in [1.807, 2.05) is 0 Å². The maximum absolute atomic E-state index is 12.0. The van der Waals surface area contributed by atoms with Crippen molar-refractivity contribution in [1.29, 1.82) is 0 Å². The van der Waals surface area contributed by atoms with Gasteiger partial charge >= 0.3 is 0 Å². The molecule has 1 aliphatic heterocycles. The van der Waals surface area contributed by atoms with Gasteiger partial charge in [0.2, 0.25) is 0 Å². The Morgan fingerprint density at radius 2 is 2.24 bits per heavy atom. The standard InChI is InChI=1S/C15H13NO4S/c1-3-8-16-14(18)12(21-15(16)19)9-10-6-5-7-11(13(10)17)20-4-2/h1,5-7,9,17H,4,8H2,2H3/b12-9+. The van der Waals surface area contributed by atoms with E-state index < -0.39 is 11.1 Å². The molecule has 5 nitrogen and oxygen atoms in total. The van der Waals surface area contributed by atoms with Gasteiger partial charge in [-0.1, -0.05) is 18.1 Å². The van der Waals surface area contributed by atoms with Crippen LogP contribution in [0.5, 0.6) is 11.5 Å². The van der Waals surface area contributed by atoms with Gasteiger partial charge in [0.1, 0.15) is 0 Å². The molecule has 1 heterocycles. The van der Waals surface area contributed by atoms with Crippen LogP contribution in [-0.4, -0.2) is 34.3 Å². The Bertz CT molecular complexity index is 660. The molecule has 21 heavy (non-hydrogen) atoms. The molecule has 1 N–H and O–H groups in total. The molecule has 0 atom stereocenters. The van der Waals surface area contributed by atoms with Crippen molar-refractivity contribution in [2.45, 2.75) is 6.92 Å². The Balaban J connectivity index is 2.33. The summed E-state index contributed by atoms with van der Waals surface area (Å²) < 4.78 is 5.27. The van der Waals surface area contributed by atoms with E-state index in [2.05, 4.69) is 5.92 Å². The number of thioether (sulfide) groups is 1. The van der Waals surface area contributed by atoms with Crippen LogP contribution in [0.25, 0.3) is 6.08 Å². The van der Waals surface area contributed by atoms with Crippen molar-refractivity contribution in [2.75, 3.05) is 13.2 Å². The molecule has 0 unspecified atom stereocenters. The monoisotopic (exact) mass is 303 g/mol. The first-order valence-electron chi connectivity index (χ1n) is 6.22. The molecule has 0 aliphatic carbocycles. The summed E-state index contributed by atoms with van der Waals surface area (Å²) in [7, 11) is 0. The summed E-state index contributed by atoms with van der Waals surface area (Å²) in [5, 5.41) is 9.67. The molecule has 108 valence electrons. The largest absolute Gasteiger partial charge is 0.504 e. The number of hydrogen-bond donors (Lipinski definition) is 1. The number of rotatable bonds is 4. The number of ether oxygens (including phenoxy) is 1. The Labute approximate surface area is 126 Å². The van der Waals surface area contributed by atoms with Gasteiger partial charge in [-0.3, -0.25) is 14.5 Å². The zero-order valence-corrected chi connectivity index (χ0v) is 12.1. The molecule has 0 spiro atoms. The Hall–Kier alpha value is -2.39. The van der Waals surface area contributed by atoms with Gasteiger partial charge in [-0.25, -0.2) is 0 Å². The lowest BCUT2D eigenvalue weighted by molar-refractivity contribution is -0.122. The molecular formula is C15H13NO4S. The topological polar surface area (TPSA) is 66.8 Å². The molecule has 1 aromatic rings. The molecule has 1 aliphatic rings. The van der Waals surface area contributed by atoms with Gasteiger partial charge < -0.3 is 9.84 Å². The summed E-state index contributed by atoms with van der Waals surface area (Å²) >= 11 is 0.796. The van der Waals surface area contributed by atoms with Gasteiger partial charge in [0.05, 0.1) is 18.1 Å². The fourth-order valence-corrected chi connectivity index (χ4v) is 2.63. The number of terminal acetylenes is 1. The van der Waals surface area contributed by atoms with Gasteiger partial charge in [-0.15, -0.1) is 6.42 Å². The molecule has 2 amide bonds. The van der Waals surface area contributed by atoms with Crippen molar-refractivity contribution in [1.82, 2.24) is 4.90 Å². The highest BCUT2D eigenvalue weighted by Crippen LogP contribution is 2.36. The number of hydrogen-bond acceptors (Lipinski definition) is 5. The van der Waals surface area contributed by atoms with E-state index in [9.17, 15) is 14.7 Å². The highest BCUT2D eigenvalue weighted by molar-refractivity contribution is 8.18. The summed E-state index contributed by atoms with van der Waals surface area (Å²) in [6, 6.07) is 4.95. The van der Waals surface area contributed by atoms with Crippen molar-refractivity contribution in [2.24, 2.45) is 0 Å². The molecule has 0 bridgehead atoms. The van der Waals surface area contributed by atoms with E-state index in [4.69, 9.17) is 11.2 Å². The molecule has 6 heteroatoms. The lowest BCUT2D eigenvalue weighted by Crippen LogP contribution is -2.28. The highest BCUT2D eigenvalue weighted by Gasteiger charge is 2.34. The van der Waals surface area contributed by atoms with Gasteiger partial charge in [-0.05, 0) is 30.8 Å². The smallest absolute Gasteiger partial charge is 0.294 e. The van der Waals surface area contributed by atoms with Crippen molar-refractivity contribution >= 4 is 29.0 Å². The average molecular weight is 303 g/mol. The number of carbonyl (C=O) groups excluding carboxylic acids is 2. The minimum Gasteiger partial charge on any atom is -0.504 e. The van der Waals surface area contributed by atoms with Crippen LogP contribution >= 0.6 is 11.8 Å². The second-order valence-electron chi connectivity index (χ2n) is 4.10. The maximum atomic E-state index is 12.0. The molecule has 1 saturated heterocycles. The van der Waals surface area contributed by atoms with Crippen LogP contribution in [0.15, 0.2) is 23.1 Å². The van der Waals surface area contributed by atoms with Crippen molar-refractivity contribution in [3.8, 4) is 23.8 Å². The quantitative estimate of drug-likeness (QED) is 0.683. The van der Waals surface area contributed by atoms with Gasteiger partial charge in [0.25, 0.3) is 11.1 Å². The minimum absolute atomic E-state index is 0.0625. The molecule has 0 aromatic heterocycles. The highest BCUT2D eigenvalue weighted by atomic mass is 32.2. The lowest BCUT2D eigenvalue weighted by atomic mass is 10.1. The van der Waals surface area contributed by atoms with Crippen LogP contribution in [0.3, 0.4) is 0 Å². The molecular weight excluding hydrogens is 290 g/mol. The average Bonchev–Trinajstić information content (AvgIpc) is 2.71. The number of para-hydroxylation sites is 1. The summed E-state index contributed by atoms with van der Waals surface area (Å²) in [6.45, 7) is 2.15. The fraction of sp³-hybridized carbons (Fsp3) is 0.200. The van der Waals surface area contributed by atoms with Crippen LogP contribution in [0.4, 0.5) is 4.79 Å². The fourth-order valence-electron chi connectivity index (χ4n) is 1.80. The van der Waals surface area contributed by atoms with Gasteiger partial charge in [0, 0.05) is 5.56 Å². The van der Waals surface area contributed by atoms with Crippen LogP contribution in [0.2, 0.25) is 0 Å². The van der Waals surface area contributed by atoms with E-state index in [1.165, 1.54) is 6.08 Å². The third kappa shape index (κ3) is 3.03. The molecule has 1 aromatic carbocycles. The van der Waals surface area contributed by atoms with E-state index >= 15 is 0 Å². The molecule has 1 fully saturated rings. The Kier molecular flexibility index (Phi) is 4.55. The number of carbonyl (C=O) groups is 2. The van der Waals surface area contributed by atoms with Gasteiger partial charge in [0.15, 0.2) is 11.5 Å². The predicted octanol–water partition coefficient (Wildman–Crippen LogP) is 2.46. The summed E-state index contributed by atoms with van der Waals surface area (Å²) in [6.07, 6.45) is 6.58. The van der Waals surface area contributed by atoms with Crippen molar-refractivity contribution in [3.05, 3.63) is 28.7 Å². The Morgan fingerprint density at radius 3 is 2.90 bits per heavy atom. The number of phenolic OH excluding ortho intramolecular Hbond substituents is 1. The van der Waals surface area contributed by atoms with E-state index in [-0.39, 0.29) is 17.2 Å².